The summed E-state index contributed by atoms with van der Waals surface area (Å²) in [5, 5.41) is 13.0. The highest BCUT2D eigenvalue weighted by Gasteiger charge is 2.13. The van der Waals surface area contributed by atoms with Gasteiger partial charge in [-0.25, -0.2) is 4.98 Å². The number of ether oxygens (including phenoxy) is 1. The van der Waals surface area contributed by atoms with Gasteiger partial charge in [0.2, 0.25) is 5.91 Å². The quantitative estimate of drug-likeness (QED) is 0.403. The van der Waals surface area contributed by atoms with Gasteiger partial charge in [0.15, 0.2) is 16.1 Å². The smallest absolute Gasteiger partial charge is 0.236 e. The summed E-state index contributed by atoms with van der Waals surface area (Å²) in [6.45, 7) is 2.30. The van der Waals surface area contributed by atoms with E-state index in [0.717, 1.165) is 15.8 Å². The summed E-state index contributed by atoms with van der Waals surface area (Å²) in [6, 6.07) is 13.1. The molecule has 2 aromatic carbocycles. The number of halogens is 1. The highest BCUT2D eigenvalue weighted by Crippen LogP contribution is 2.27. The van der Waals surface area contributed by atoms with Crippen molar-refractivity contribution in [2.45, 2.75) is 18.7 Å². The van der Waals surface area contributed by atoms with Gasteiger partial charge in [0.1, 0.15) is 12.4 Å². The molecule has 0 radical (unpaired) electrons. The van der Waals surface area contributed by atoms with Crippen LogP contribution in [0.5, 0.6) is 5.75 Å². The van der Waals surface area contributed by atoms with E-state index in [4.69, 9.17) is 16.3 Å². The normalized spacial score (nSPS) is 11.0. The SMILES string of the molecule is Cc1ccc2nc(NC(=O)CSc3nnc(COc4ccc(Cl)cc4)n3C)sc2c1. The predicted molar refractivity (Wildman–Crippen MR) is 120 cm³/mol. The summed E-state index contributed by atoms with van der Waals surface area (Å²) in [4.78, 5) is 16.8. The van der Waals surface area contributed by atoms with E-state index in [2.05, 4.69) is 26.6 Å². The zero-order valence-corrected chi connectivity index (χ0v) is 18.6. The molecule has 4 aromatic rings. The number of nitrogens with zero attached hydrogens (tertiary/aromatic N) is 4. The number of hydrogen-bond acceptors (Lipinski definition) is 7. The molecule has 0 aliphatic rings. The second-order valence-corrected chi connectivity index (χ2v) is 8.94. The summed E-state index contributed by atoms with van der Waals surface area (Å²) in [5.74, 6) is 1.42. The number of carbonyl (C=O) groups is 1. The molecular formula is C20H18ClN5O2S2. The molecule has 2 heterocycles. The number of thiazole rings is 1. The van der Waals surface area contributed by atoms with Gasteiger partial charge in [-0.3, -0.25) is 4.79 Å². The molecule has 1 N–H and O–H groups in total. The number of carbonyl (C=O) groups excluding carboxylic acids is 1. The minimum atomic E-state index is -0.141. The van der Waals surface area contributed by atoms with Crippen molar-refractivity contribution in [2.24, 2.45) is 7.05 Å². The second-order valence-electron chi connectivity index (χ2n) is 6.53. The Morgan fingerprint density at radius 3 is 2.83 bits per heavy atom. The van der Waals surface area contributed by atoms with Crippen molar-refractivity contribution in [1.29, 1.82) is 0 Å². The van der Waals surface area contributed by atoms with Crippen molar-refractivity contribution in [1.82, 2.24) is 19.7 Å². The van der Waals surface area contributed by atoms with E-state index < -0.39 is 0 Å². The van der Waals surface area contributed by atoms with E-state index in [1.165, 1.54) is 23.1 Å². The highest BCUT2D eigenvalue weighted by molar-refractivity contribution is 7.99. The molecule has 0 saturated carbocycles. The number of nitrogens with one attached hydrogen (secondary N) is 1. The Bertz CT molecular complexity index is 1190. The molecule has 0 atom stereocenters. The zero-order chi connectivity index (χ0) is 21.1. The van der Waals surface area contributed by atoms with Gasteiger partial charge in [-0.15, -0.1) is 10.2 Å². The van der Waals surface area contributed by atoms with E-state index in [9.17, 15) is 4.79 Å². The molecule has 0 bridgehead atoms. The number of aryl methyl sites for hydroxylation is 1. The second kappa shape index (κ2) is 9.03. The first-order valence-corrected chi connectivity index (χ1v) is 11.2. The molecule has 154 valence electrons. The van der Waals surface area contributed by atoms with E-state index >= 15 is 0 Å². The average Bonchev–Trinajstić information content (AvgIpc) is 3.28. The molecule has 1 amide bonds. The third kappa shape index (κ3) is 4.92. The van der Waals surface area contributed by atoms with Crippen LogP contribution in [0.1, 0.15) is 11.4 Å². The van der Waals surface area contributed by atoms with E-state index in [-0.39, 0.29) is 18.3 Å². The molecule has 0 saturated heterocycles. The molecule has 30 heavy (non-hydrogen) atoms. The Hall–Kier alpha value is -2.62. The van der Waals surface area contributed by atoms with Crippen molar-refractivity contribution in [3.8, 4) is 5.75 Å². The van der Waals surface area contributed by atoms with Crippen molar-refractivity contribution in [3.63, 3.8) is 0 Å². The van der Waals surface area contributed by atoms with Gasteiger partial charge >= 0.3 is 0 Å². The Morgan fingerprint density at radius 1 is 1.23 bits per heavy atom. The standard InChI is InChI=1S/C20H18ClN5O2S2/c1-12-3-8-15-16(9-12)30-19(22-15)23-18(27)11-29-20-25-24-17(26(20)2)10-28-14-6-4-13(21)5-7-14/h3-9H,10-11H2,1-2H3,(H,22,23,27). The minimum absolute atomic E-state index is 0.141. The maximum absolute atomic E-state index is 12.3. The number of fused-ring (bicyclic) bond motifs is 1. The molecule has 2 aromatic heterocycles. The third-order valence-electron chi connectivity index (χ3n) is 4.23. The van der Waals surface area contributed by atoms with Crippen LogP contribution in [0.25, 0.3) is 10.2 Å². The fraction of sp³-hybridized carbons (Fsp3) is 0.200. The predicted octanol–water partition coefficient (Wildman–Crippen LogP) is 4.70. The maximum Gasteiger partial charge on any atom is 0.236 e. The topological polar surface area (TPSA) is 81.9 Å². The summed E-state index contributed by atoms with van der Waals surface area (Å²) in [7, 11) is 1.84. The first kappa shape index (κ1) is 20.6. The van der Waals surface area contributed by atoms with Crippen molar-refractivity contribution >= 4 is 56.0 Å². The lowest BCUT2D eigenvalue weighted by atomic mass is 10.2. The van der Waals surface area contributed by atoms with Gasteiger partial charge in [-0.05, 0) is 48.9 Å². The molecule has 0 aliphatic carbocycles. The maximum atomic E-state index is 12.3. The van der Waals surface area contributed by atoms with Crippen molar-refractivity contribution in [3.05, 3.63) is 58.9 Å². The van der Waals surface area contributed by atoms with Gasteiger partial charge in [0, 0.05) is 12.1 Å². The molecule has 10 heteroatoms. The summed E-state index contributed by atoms with van der Waals surface area (Å²) < 4.78 is 8.57. The van der Waals surface area contributed by atoms with E-state index in [1.807, 2.05) is 30.7 Å². The van der Waals surface area contributed by atoms with Crippen LogP contribution < -0.4 is 10.1 Å². The van der Waals surface area contributed by atoms with Gasteiger partial charge in [0.25, 0.3) is 0 Å². The number of rotatable bonds is 7. The Morgan fingerprint density at radius 2 is 2.03 bits per heavy atom. The van der Waals surface area contributed by atoms with Crippen LogP contribution >= 0.6 is 34.7 Å². The van der Waals surface area contributed by atoms with Crippen LogP contribution in [0.4, 0.5) is 5.13 Å². The van der Waals surface area contributed by atoms with Gasteiger partial charge in [-0.2, -0.15) is 0 Å². The zero-order valence-electron chi connectivity index (χ0n) is 16.3. The number of benzene rings is 2. The van der Waals surface area contributed by atoms with Crippen LogP contribution in [-0.4, -0.2) is 31.4 Å². The third-order valence-corrected chi connectivity index (χ3v) is 6.44. The Labute approximate surface area is 186 Å². The Balaban J connectivity index is 1.31. The van der Waals surface area contributed by atoms with Gasteiger partial charge in [0.05, 0.1) is 16.0 Å². The average molecular weight is 460 g/mol. The first-order chi connectivity index (χ1) is 14.5. The summed E-state index contributed by atoms with van der Waals surface area (Å²) in [5.41, 5.74) is 2.05. The lowest BCUT2D eigenvalue weighted by Gasteiger charge is -2.06. The van der Waals surface area contributed by atoms with Crippen molar-refractivity contribution in [2.75, 3.05) is 11.1 Å². The number of thioether (sulfide) groups is 1. The van der Waals surface area contributed by atoms with Crippen LogP contribution in [0.15, 0.2) is 47.6 Å². The Kier molecular flexibility index (Phi) is 6.21. The number of amides is 1. The van der Waals surface area contributed by atoms with Crippen LogP contribution in [-0.2, 0) is 18.4 Å². The molecule has 4 rings (SSSR count). The van der Waals surface area contributed by atoms with Gasteiger partial charge in [-0.1, -0.05) is 40.8 Å². The van der Waals surface area contributed by atoms with Crippen LogP contribution in [0, 0.1) is 6.92 Å². The number of anilines is 1. The molecule has 0 spiro atoms. The minimum Gasteiger partial charge on any atom is -0.486 e. The molecule has 0 aliphatic heterocycles. The molecule has 0 unspecified atom stereocenters. The summed E-state index contributed by atoms with van der Waals surface area (Å²) in [6.07, 6.45) is 0. The molecular weight excluding hydrogens is 442 g/mol. The fourth-order valence-corrected chi connectivity index (χ4v) is 4.48. The largest absolute Gasteiger partial charge is 0.486 e. The van der Waals surface area contributed by atoms with E-state index in [0.29, 0.717) is 26.9 Å². The van der Waals surface area contributed by atoms with Crippen LogP contribution in [0.3, 0.4) is 0 Å². The first-order valence-electron chi connectivity index (χ1n) is 9.04. The fourth-order valence-electron chi connectivity index (χ4n) is 2.65. The highest BCUT2D eigenvalue weighted by atomic mass is 35.5. The monoisotopic (exact) mass is 459 g/mol. The number of aromatic nitrogens is 4. The lowest BCUT2D eigenvalue weighted by molar-refractivity contribution is -0.113. The van der Waals surface area contributed by atoms with Gasteiger partial charge < -0.3 is 14.6 Å². The summed E-state index contributed by atoms with van der Waals surface area (Å²) >= 11 is 8.65. The molecule has 7 nitrogen and oxygen atoms in total. The van der Waals surface area contributed by atoms with E-state index in [1.54, 1.807) is 24.3 Å². The molecule has 0 fully saturated rings. The lowest BCUT2D eigenvalue weighted by Crippen LogP contribution is -2.14. The number of hydrogen-bond donors (Lipinski definition) is 1. The van der Waals surface area contributed by atoms with Crippen LogP contribution in [0.2, 0.25) is 5.02 Å². The van der Waals surface area contributed by atoms with Crippen molar-refractivity contribution < 1.29 is 9.53 Å².